The van der Waals surface area contributed by atoms with Crippen LogP contribution in [-0.2, 0) is 0 Å². The summed E-state index contributed by atoms with van der Waals surface area (Å²) >= 11 is 0. The predicted octanol–water partition coefficient (Wildman–Crippen LogP) is 2.56. The van der Waals surface area contributed by atoms with Gasteiger partial charge in [-0.3, -0.25) is 0 Å². The molecule has 1 aromatic carbocycles. The second-order valence-electron chi connectivity index (χ2n) is 6.01. The molecule has 3 heterocycles. The Morgan fingerprint density at radius 1 is 1.08 bits per heavy atom. The van der Waals surface area contributed by atoms with E-state index in [4.69, 9.17) is 0 Å². The van der Waals surface area contributed by atoms with Crippen molar-refractivity contribution in [1.82, 2.24) is 20.4 Å². The van der Waals surface area contributed by atoms with Gasteiger partial charge in [0.1, 0.15) is 5.75 Å². The van der Waals surface area contributed by atoms with Gasteiger partial charge in [0, 0.05) is 37.5 Å². The number of nitrogens with zero attached hydrogens (tertiary/aromatic N) is 5. The van der Waals surface area contributed by atoms with E-state index in [0.717, 1.165) is 36.6 Å². The van der Waals surface area contributed by atoms with Crippen LogP contribution in [0.2, 0.25) is 0 Å². The van der Waals surface area contributed by atoms with Crippen molar-refractivity contribution in [2.45, 2.75) is 6.42 Å². The van der Waals surface area contributed by atoms with Crippen LogP contribution < -0.4 is 10.2 Å². The standard InChI is InChI=1S/C18H18N6O/c1-24-9-3-7-19-18-16(24)11-15(22-23-18)13-6-5-12(10-17(13)25)14-4-2-8-20-21-14/h2,4-6,8,10-11,25H,3,7,9H2,1H3,(H,19,23). The van der Waals surface area contributed by atoms with E-state index in [-0.39, 0.29) is 5.75 Å². The Labute approximate surface area is 145 Å². The van der Waals surface area contributed by atoms with Crippen LogP contribution in [0.15, 0.2) is 42.6 Å². The van der Waals surface area contributed by atoms with E-state index in [0.29, 0.717) is 17.0 Å². The first-order valence-corrected chi connectivity index (χ1v) is 8.16. The Bertz CT molecular complexity index is 899. The zero-order valence-corrected chi connectivity index (χ0v) is 13.8. The summed E-state index contributed by atoms with van der Waals surface area (Å²) in [5, 5.41) is 30.3. The lowest BCUT2D eigenvalue weighted by molar-refractivity contribution is 0.477. The number of anilines is 2. The van der Waals surface area contributed by atoms with Crippen LogP contribution in [0.5, 0.6) is 5.75 Å². The molecule has 25 heavy (non-hydrogen) atoms. The monoisotopic (exact) mass is 334 g/mol. The van der Waals surface area contributed by atoms with Crippen molar-refractivity contribution in [2.24, 2.45) is 0 Å². The molecule has 0 aliphatic carbocycles. The molecule has 0 radical (unpaired) electrons. The molecule has 0 saturated heterocycles. The van der Waals surface area contributed by atoms with Crippen molar-refractivity contribution in [3.63, 3.8) is 0 Å². The summed E-state index contributed by atoms with van der Waals surface area (Å²) in [5.41, 5.74) is 3.77. The molecule has 2 N–H and O–H groups in total. The number of benzene rings is 1. The quantitative estimate of drug-likeness (QED) is 0.744. The minimum absolute atomic E-state index is 0.140. The van der Waals surface area contributed by atoms with Gasteiger partial charge in [-0.05, 0) is 36.8 Å². The maximum absolute atomic E-state index is 10.5. The summed E-state index contributed by atoms with van der Waals surface area (Å²) < 4.78 is 0. The van der Waals surface area contributed by atoms with Crippen molar-refractivity contribution in [1.29, 1.82) is 0 Å². The Morgan fingerprint density at radius 3 is 2.80 bits per heavy atom. The highest BCUT2D eigenvalue weighted by molar-refractivity contribution is 5.77. The van der Waals surface area contributed by atoms with E-state index < -0.39 is 0 Å². The topological polar surface area (TPSA) is 87.1 Å². The van der Waals surface area contributed by atoms with Crippen LogP contribution >= 0.6 is 0 Å². The van der Waals surface area contributed by atoms with Crippen molar-refractivity contribution < 1.29 is 5.11 Å². The molecule has 0 saturated carbocycles. The summed E-state index contributed by atoms with van der Waals surface area (Å²) in [6, 6.07) is 11.0. The van der Waals surface area contributed by atoms with Crippen LogP contribution in [0.1, 0.15) is 6.42 Å². The summed E-state index contributed by atoms with van der Waals surface area (Å²) in [7, 11) is 2.04. The third-order valence-corrected chi connectivity index (χ3v) is 4.29. The highest BCUT2D eigenvalue weighted by Gasteiger charge is 2.17. The molecule has 3 aromatic rings. The molecule has 0 amide bonds. The first-order chi connectivity index (χ1) is 12.2. The number of nitrogens with one attached hydrogen (secondary N) is 1. The van der Waals surface area contributed by atoms with Gasteiger partial charge in [-0.2, -0.15) is 10.2 Å². The van der Waals surface area contributed by atoms with Gasteiger partial charge in [0.2, 0.25) is 0 Å². The van der Waals surface area contributed by atoms with Crippen molar-refractivity contribution in [3.05, 3.63) is 42.6 Å². The second-order valence-corrected chi connectivity index (χ2v) is 6.01. The highest BCUT2D eigenvalue weighted by atomic mass is 16.3. The van der Waals surface area contributed by atoms with Gasteiger partial charge in [0.25, 0.3) is 0 Å². The van der Waals surface area contributed by atoms with Gasteiger partial charge in [0.05, 0.1) is 17.1 Å². The second kappa shape index (κ2) is 6.35. The Kier molecular flexibility index (Phi) is 3.89. The fraction of sp³-hybridized carbons (Fsp3) is 0.222. The first-order valence-electron chi connectivity index (χ1n) is 8.16. The highest BCUT2D eigenvalue weighted by Crippen LogP contribution is 2.35. The van der Waals surface area contributed by atoms with Gasteiger partial charge in [-0.1, -0.05) is 6.07 Å². The molecule has 126 valence electrons. The summed E-state index contributed by atoms with van der Waals surface area (Å²) in [5.74, 6) is 0.918. The lowest BCUT2D eigenvalue weighted by atomic mass is 10.0. The lowest BCUT2D eigenvalue weighted by Gasteiger charge is -2.18. The maximum atomic E-state index is 10.5. The molecular formula is C18H18N6O. The van der Waals surface area contributed by atoms with E-state index in [2.05, 4.69) is 30.6 Å². The minimum atomic E-state index is 0.140. The van der Waals surface area contributed by atoms with E-state index in [1.165, 1.54) is 0 Å². The summed E-state index contributed by atoms with van der Waals surface area (Å²) in [6.45, 7) is 1.83. The predicted molar refractivity (Wildman–Crippen MR) is 96.5 cm³/mol. The van der Waals surface area contributed by atoms with Gasteiger partial charge >= 0.3 is 0 Å². The van der Waals surface area contributed by atoms with Crippen molar-refractivity contribution >= 4 is 11.5 Å². The number of hydrogen-bond acceptors (Lipinski definition) is 7. The van der Waals surface area contributed by atoms with E-state index in [1.54, 1.807) is 12.3 Å². The van der Waals surface area contributed by atoms with Crippen LogP contribution in [0.25, 0.3) is 22.5 Å². The summed E-state index contributed by atoms with van der Waals surface area (Å²) in [4.78, 5) is 2.15. The summed E-state index contributed by atoms with van der Waals surface area (Å²) in [6.07, 6.45) is 2.66. The molecule has 7 nitrogen and oxygen atoms in total. The normalized spacial score (nSPS) is 13.7. The van der Waals surface area contributed by atoms with Crippen LogP contribution in [-0.4, -0.2) is 45.6 Å². The molecule has 4 rings (SSSR count). The van der Waals surface area contributed by atoms with Crippen LogP contribution in [0.3, 0.4) is 0 Å². The number of phenolic OH excluding ortho intramolecular Hbond substituents is 1. The minimum Gasteiger partial charge on any atom is -0.507 e. The van der Waals surface area contributed by atoms with Crippen molar-refractivity contribution in [3.8, 4) is 28.3 Å². The molecule has 1 aliphatic rings. The lowest BCUT2D eigenvalue weighted by Crippen LogP contribution is -2.17. The smallest absolute Gasteiger partial charge is 0.172 e. The first kappa shape index (κ1) is 15.3. The molecule has 1 aliphatic heterocycles. The fourth-order valence-corrected chi connectivity index (χ4v) is 2.94. The van der Waals surface area contributed by atoms with Crippen molar-refractivity contribution in [2.75, 3.05) is 30.4 Å². The molecule has 0 fully saturated rings. The van der Waals surface area contributed by atoms with E-state index >= 15 is 0 Å². The van der Waals surface area contributed by atoms with Gasteiger partial charge in [-0.25, -0.2) is 0 Å². The van der Waals surface area contributed by atoms with Gasteiger partial charge in [-0.15, -0.1) is 10.2 Å². The number of fused-ring (bicyclic) bond motifs is 1. The van der Waals surface area contributed by atoms with E-state index in [1.807, 2.05) is 37.4 Å². The average molecular weight is 334 g/mol. The Morgan fingerprint density at radius 2 is 2.00 bits per heavy atom. The maximum Gasteiger partial charge on any atom is 0.172 e. The Hall–Kier alpha value is -3.22. The van der Waals surface area contributed by atoms with Crippen LogP contribution in [0.4, 0.5) is 11.5 Å². The molecule has 0 atom stereocenters. The molecule has 0 unspecified atom stereocenters. The van der Waals surface area contributed by atoms with Gasteiger partial charge in [0.15, 0.2) is 5.82 Å². The zero-order valence-electron chi connectivity index (χ0n) is 13.8. The third-order valence-electron chi connectivity index (χ3n) is 4.29. The largest absolute Gasteiger partial charge is 0.507 e. The number of aromatic hydroxyl groups is 1. The Balaban J connectivity index is 1.73. The third kappa shape index (κ3) is 2.96. The number of rotatable bonds is 2. The number of aromatic nitrogens is 4. The fourth-order valence-electron chi connectivity index (χ4n) is 2.94. The molecule has 0 spiro atoms. The van der Waals surface area contributed by atoms with E-state index in [9.17, 15) is 5.11 Å². The van der Waals surface area contributed by atoms with Crippen LogP contribution in [0, 0.1) is 0 Å². The zero-order chi connectivity index (χ0) is 17.2. The van der Waals surface area contributed by atoms with Gasteiger partial charge < -0.3 is 15.3 Å². The molecular weight excluding hydrogens is 316 g/mol. The molecule has 7 heteroatoms. The molecule has 0 bridgehead atoms. The SMILES string of the molecule is CN1CCCNc2nnc(-c3ccc(-c4cccnn4)cc3O)cc21. The molecule has 2 aromatic heterocycles. The number of hydrogen-bond donors (Lipinski definition) is 2. The average Bonchev–Trinajstić information content (AvgIpc) is 2.84. The number of phenols is 1.